The average Bonchev–Trinajstić information content (AvgIpc) is 3.41. The number of para-hydroxylation sites is 1. The molecule has 0 fully saturated rings. The molecular weight excluding hydrogens is 485 g/mol. The number of aromatic nitrogens is 1. The third kappa shape index (κ3) is 5.85. The fraction of sp³-hybridized carbons (Fsp3) is 0.111. The fourth-order valence-electron chi connectivity index (χ4n) is 3.45. The molecule has 3 aromatic carbocycles. The molecule has 0 aliphatic rings. The van der Waals surface area contributed by atoms with Gasteiger partial charge in [0.15, 0.2) is 11.5 Å². The second-order valence-electron chi connectivity index (χ2n) is 7.64. The molecule has 1 N–H and O–H groups in total. The van der Waals surface area contributed by atoms with Gasteiger partial charge in [-0.25, -0.2) is 5.43 Å². The summed E-state index contributed by atoms with van der Waals surface area (Å²) >= 11 is 12.2. The molecule has 0 saturated carbocycles. The standard InChI is InChI=1S/C27H23Cl2N3O3/c1-18(30-31-27(33)22-7-3-4-8-24(22)32-13-5-6-14-32)19-10-12-25(26(15-19)34-2)35-17-20-9-11-21(28)16-23(20)29/h3-16H,17H2,1-2H3,(H,31,33)/b30-18+. The van der Waals surface area contributed by atoms with Gasteiger partial charge in [-0.3, -0.25) is 4.79 Å². The van der Waals surface area contributed by atoms with Gasteiger partial charge in [-0.15, -0.1) is 0 Å². The zero-order valence-corrected chi connectivity index (χ0v) is 20.7. The average molecular weight is 508 g/mol. The number of amides is 1. The SMILES string of the molecule is COc1cc(/C(C)=N/NC(=O)c2ccccc2-n2cccc2)ccc1OCc1ccc(Cl)cc1Cl. The summed E-state index contributed by atoms with van der Waals surface area (Å²) < 4.78 is 13.3. The Kier molecular flexibility index (Phi) is 7.75. The minimum atomic E-state index is -0.305. The van der Waals surface area contributed by atoms with Crippen LogP contribution in [0.25, 0.3) is 5.69 Å². The van der Waals surface area contributed by atoms with Gasteiger partial charge in [0.25, 0.3) is 5.91 Å². The number of halogens is 2. The summed E-state index contributed by atoms with van der Waals surface area (Å²) in [7, 11) is 1.56. The van der Waals surface area contributed by atoms with E-state index in [0.717, 1.165) is 16.8 Å². The Morgan fingerprint density at radius 3 is 2.49 bits per heavy atom. The molecule has 0 spiro atoms. The fourth-order valence-corrected chi connectivity index (χ4v) is 3.91. The van der Waals surface area contributed by atoms with Crippen LogP contribution in [0, 0.1) is 0 Å². The smallest absolute Gasteiger partial charge is 0.273 e. The Balaban J connectivity index is 1.47. The number of nitrogens with one attached hydrogen (secondary N) is 1. The molecule has 6 nitrogen and oxygen atoms in total. The van der Waals surface area contributed by atoms with Gasteiger partial charge < -0.3 is 14.0 Å². The highest BCUT2D eigenvalue weighted by Crippen LogP contribution is 2.30. The van der Waals surface area contributed by atoms with Crippen LogP contribution in [-0.4, -0.2) is 23.3 Å². The van der Waals surface area contributed by atoms with Crippen LogP contribution in [0.5, 0.6) is 11.5 Å². The largest absolute Gasteiger partial charge is 0.493 e. The Labute approximate surface area is 213 Å². The zero-order valence-electron chi connectivity index (χ0n) is 19.2. The topological polar surface area (TPSA) is 64.8 Å². The van der Waals surface area contributed by atoms with E-state index in [1.807, 2.05) is 59.4 Å². The number of nitrogens with zero attached hydrogens (tertiary/aromatic N) is 2. The van der Waals surface area contributed by atoms with Crippen LogP contribution in [-0.2, 0) is 6.61 Å². The first-order chi connectivity index (χ1) is 17.0. The molecule has 0 atom stereocenters. The van der Waals surface area contributed by atoms with Gasteiger partial charge in [0, 0.05) is 33.6 Å². The molecule has 0 aliphatic carbocycles. The van der Waals surface area contributed by atoms with Crippen molar-refractivity contribution in [2.45, 2.75) is 13.5 Å². The molecule has 1 heterocycles. The Bertz CT molecular complexity index is 1370. The molecule has 35 heavy (non-hydrogen) atoms. The van der Waals surface area contributed by atoms with Crippen molar-refractivity contribution in [3.05, 3.63) is 112 Å². The second-order valence-corrected chi connectivity index (χ2v) is 8.48. The Hall–Kier alpha value is -3.74. The van der Waals surface area contributed by atoms with E-state index in [0.29, 0.717) is 32.8 Å². The third-order valence-electron chi connectivity index (χ3n) is 5.34. The Morgan fingerprint density at radius 2 is 1.74 bits per heavy atom. The van der Waals surface area contributed by atoms with Crippen LogP contribution in [0.15, 0.2) is 90.3 Å². The summed E-state index contributed by atoms with van der Waals surface area (Å²) in [5.41, 5.74) is 6.13. The summed E-state index contributed by atoms with van der Waals surface area (Å²) in [5.74, 6) is 0.784. The van der Waals surface area contributed by atoms with Gasteiger partial charge in [0.05, 0.1) is 24.1 Å². The van der Waals surface area contributed by atoms with Crippen molar-refractivity contribution in [3.63, 3.8) is 0 Å². The molecule has 4 aromatic rings. The summed E-state index contributed by atoms with van der Waals surface area (Å²) in [4.78, 5) is 12.8. The number of methoxy groups -OCH3 is 1. The monoisotopic (exact) mass is 507 g/mol. The van der Waals surface area contributed by atoms with E-state index in [4.69, 9.17) is 32.7 Å². The number of carbonyl (C=O) groups is 1. The van der Waals surface area contributed by atoms with E-state index in [2.05, 4.69) is 10.5 Å². The highest BCUT2D eigenvalue weighted by molar-refractivity contribution is 6.35. The Morgan fingerprint density at radius 1 is 0.971 bits per heavy atom. The molecule has 0 saturated heterocycles. The van der Waals surface area contributed by atoms with Crippen molar-refractivity contribution in [1.29, 1.82) is 0 Å². The molecule has 0 unspecified atom stereocenters. The summed E-state index contributed by atoms with van der Waals surface area (Å²) in [6.07, 6.45) is 3.77. The van der Waals surface area contributed by atoms with E-state index in [1.165, 1.54) is 0 Å². The molecule has 0 radical (unpaired) electrons. The zero-order chi connectivity index (χ0) is 24.8. The molecular formula is C27H23Cl2N3O3. The van der Waals surface area contributed by atoms with Crippen molar-refractivity contribution < 1.29 is 14.3 Å². The highest BCUT2D eigenvalue weighted by atomic mass is 35.5. The van der Waals surface area contributed by atoms with Crippen molar-refractivity contribution in [2.24, 2.45) is 5.10 Å². The number of hydrogen-bond donors (Lipinski definition) is 1. The first-order valence-corrected chi connectivity index (χ1v) is 11.5. The summed E-state index contributed by atoms with van der Waals surface area (Å²) in [6, 6.07) is 21.9. The van der Waals surface area contributed by atoms with Crippen molar-refractivity contribution >= 4 is 34.8 Å². The molecule has 0 bridgehead atoms. The van der Waals surface area contributed by atoms with Gasteiger partial charge in [0.1, 0.15) is 6.61 Å². The molecule has 1 amide bonds. The molecule has 8 heteroatoms. The lowest BCUT2D eigenvalue weighted by atomic mass is 10.1. The van der Waals surface area contributed by atoms with Crippen molar-refractivity contribution in [3.8, 4) is 17.2 Å². The van der Waals surface area contributed by atoms with Crippen LogP contribution in [0.4, 0.5) is 0 Å². The van der Waals surface area contributed by atoms with Crippen LogP contribution in [0.2, 0.25) is 10.0 Å². The van der Waals surface area contributed by atoms with Crippen molar-refractivity contribution in [1.82, 2.24) is 9.99 Å². The highest BCUT2D eigenvalue weighted by Gasteiger charge is 2.13. The number of ether oxygens (including phenoxy) is 2. The van der Waals surface area contributed by atoms with Gasteiger partial charge in [0.2, 0.25) is 0 Å². The maximum absolute atomic E-state index is 12.8. The first kappa shape index (κ1) is 24.4. The predicted molar refractivity (Wildman–Crippen MR) is 139 cm³/mol. The van der Waals surface area contributed by atoms with Crippen LogP contribution in [0.3, 0.4) is 0 Å². The van der Waals surface area contributed by atoms with Gasteiger partial charge in [-0.1, -0.05) is 41.4 Å². The van der Waals surface area contributed by atoms with Gasteiger partial charge in [-0.2, -0.15) is 5.10 Å². The molecule has 1 aromatic heterocycles. The first-order valence-electron chi connectivity index (χ1n) is 10.8. The van der Waals surface area contributed by atoms with Crippen molar-refractivity contribution in [2.75, 3.05) is 7.11 Å². The van der Waals surface area contributed by atoms with Crippen LogP contribution >= 0.6 is 23.2 Å². The lowest BCUT2D eigenvalue weighted by Crippen LogP contribution is -2.21. The summed E-state index contributed by atoms with van der Waals surface area (Å²) in [6.45, 7) is 2.07. The normalized spacial score (nSPS) is 11.3. The van der Waals surface area contributed by atoms with E-state index >= 15 is 0 Å². The second kappa shape index (κ2) is 11.1. The number of rotatable bonds is 8. The number of benzene rings is 3. The van der Waals surface area contributed by atoms with Gasteiger partial charge >= 0.3 is 0 Å². The number of carbonyl (C=O) groups excluding carboxylic acids is 1. The van der Waals surface area contributed by atoms with Crippen LogP contribution in [0.1, 0.15) is 28.4 Å². The summed E-state index contributed by atoms with van der Waals surface area (Å²) in [5, 5.41) is 5.39. The lowest BCUT2D eigenvalue weighted by Gasteiger charge is -2.13. The van der Waals surface area contributed by atoms with E-state index in [-0.39, 0.29) is 12.5 Å². The maximum atomic E-state index is 12.8. The van der Waals surface area contributed by atoms with Crippen LogP contribution < -0.4 is 14.9 Å². The maximum Gasteiger partial charge on any atom is 0.273 e. The molecule has 4 rings (SSSR count). The lowest BCUT2D eigenvalue weighted by molar-refractivity contribution is 0.0955. The van der Waals surface area contributed by atoms with E-state index in [1.54, 1.807) is 44.4 Å². The van der Waals surface area contributed by atoms with E-state index < -0.39 is 0 Å². The molecule has 0 aliphatic heterocycles. The van der Waals surface area contributed by atoms with E-state index in [9.17, 15) is 4.79 Å². The minimum Gasteiger partial charge on any atom is -0.493 e. The van der Waals surface area contributed by atoms with Gasteiger partial charge in [-0.05, 0) is 61.5 Å². The quantitative estimate of drug-likeness (QED) is 0.218. The molecule has 178 valence electrons. The predicted octanol–water partition coefficient (Wildman–Crippen LogP) is 6.53. The number of hydrogen-bond acceptors (Lipinski definition) is 4. The third-order valence-corrected chi connectivity index (χ3v) is 5.92. The minimum absolute atomic E-state index is 0.260. The number of hydrazone groups is 1.